The Morgan fingerprint density at radius 2 is 1.50 bits per heavy atom. The molecule has 0 saturated carbocycles. The number of carbonyl (C=O) groups excluding carboxylic acids is 3. The number of halogens is 1. The van der Waals surface area contributed by atoms with Crippen molar-refractivity contribution in [1.82, 2.24) is 0 Å². The molecule has 0 fully saturated rings. The molecule has 1 N–H and O–H groups in total. The summed E-state index contributed by atoms with van der Waals surface area (Å²) in [5, 5.41) is 2.79. The number of anilines is 1. The summed E-state index contributed by atoms with van der Waals surface area (Å²) in [6.07, 6.45) is -0.712. The zero-order chi connectivity index (χ0) is 21.0. The molecule has 0 aliphatic rings. The number of hydrogen-bond donors (Lipinski definition) is 1. The lowest BCUT2D eigenvalue weighted by molar-refractivity contribution is 0.0378. The van der Waals surface area contributed by atoms with Crippen molar-refractivity contribution in [3.8, 4) is 0 Å². The highest BCUT2D eigenvalue weighted by atomic mass is 32.1. The van der Waals surface area contributed by atoms with E-state index in [-0.39, 0.29) is 33.2 Å². The van der Waals surface area contributed by atoms with E-state index in [1.54, 1.807) is 34.6 Å². The number of carbonyl (C=O) groups is 3. The first-order valence-corrected chi connectivity index (χ1v) is 9.54. The first kappa shape index (κ1) is 21.6. The first-order valence-electron chi connectivity index (χ1n) is 8.72. The number of thiophene rings is 1. The van der Waals surface area contributed by atoms with Gasteiger partial charge in [0, 0.05) is 5.56 Å². The van der Waals surface area contributed by atoms with Crippen molar-refractivity contribution in [2.45, 2.75) is 46.8 Å². The Kier molecular flexibility index (Phi) is 6.90. The van der Waals surface area contributed by atoms with Gasteiger partial charge in [-0.2, -0.15) is 0 Å². The van der Waals surface area contributed by atoms with Gasteiger partial charge < -0.3 is 14.8 Å². The van der Waals surface area contributed by atoms with Crippen LogP contribution in [0.3, 0.4) is 0 Å². The minimum absolute atomic E-state index is 0.102. The molecule has 6 nitrogen and oxygen atoms in total. The number of nitrogens with one attached hydrogen (secondary N) is 1. The predicted molar refractivity (Wildman–Crippen MR) is 105 cm³/mol. The summed E-state index contributed by atoms with van der Waals surface area (Å²) in [4.78, 5) is 37.6. The molecule has 2 rings (SSSR count). The molecule has 0 aliphatic heterocycles. The summed E-state index contributed by atoms with van der Waals surface area (Å²) in [5.41, 5.74) is 0.683. The predicted octanol–water partition coefficient (Wildman–Crippen LogP) is 4.58. The van der Waals surface area contributed by atoms with E-state index in [2.05, 4.69) is 5.32 Å². The van der Waals surface area contributed by atoms with Crippen molar-refractivity contribution in [3.63, 3.8) is 0 Å². The van der Waals surface area contributed by atoms with E-state index >= 15 is 0 Å². The Bertz CT molecular complexity index is 887. The number of benzene rings is 1. The Morgan fingerprint density at radius 3 is 2.04 bits per heavy atom. The van der Waals surface area contributed by atoms with Crippen LogP contribution < -0.4 is 5.32 Å². The van der Waals surface area contributed by atoms with Crippen LogP contribution in [0.15, 0.2) is 24.3 Å². The fraction of sp³-hybridized carbons (Fsp3) is 0.350. The lowest BCUT2D eigenvalue weighted by Gasteiger charge is -2.10. The van der Waals surface area contributed by atoms with Crippen molar-refractivity contribution < 1.29 is 28.2 Å². The Hall–Kier alpha value is -2.74. The number of amides is 1. The molecule has 0 atom stereocenters. The minimum Gasteiger partial charge on any atom is -0.459 e. The smallest absolute Gasteiger partial charge is 0.348 e. The minimum atomic E-state index is -0.651. The molecule has 150 valence electrons. The lowest BCUT2D eigenvalue weighted by Crippen LogP contribution is -2.17. The molecule has 1 amide bonds. The van der Waals surface area contributed by atoms with Crippen molar-refractivity contribution in [3.05, 3.63) is 51.7 Å². The molecule has 28 heavy (non-hydrogen) atoms. The summed E-state index contributed by atoms with van der Waals surface area (Å²) >= 11 is 0.936. The second-order valence-electron chi connectivity index (χ2n) is 6.63. The number of hydrogen-bond acceptors (Lipinski definition) is 6. The highest BCUT2D eigenvalue weighted by Gasteiger charge is 2.28. The van der Waals surface area contributed by atoms with Crippen molar-refractivity contribution in [2.75, 3.05) is 5.32 Å². The van der Waals surface area contributed by atoms with Crippen LogP contribution in [0.1, 0.15) is 63.6 Å². The highest BCUT2D eigenvalue weighted by Crippen LogP contribution is 2.35. The maximum atomic E-state index is 13.1. The third-order valence-corrected chi connectivity index (χ3v) is 4.74. The average molecular weight is 407 g/mol. The third kappa shape index (κ3) is 5.16. The van der Waals surface area contributed by atoms with Crippen LogP contribution in [0.4, 0.5) is 9.39 Å². The molecule has 0 radical (unpaired) electrons. The van der Waals surface area contributed by atoms with Gasteiger partial charge in [-0.15, -0.1) is 11.3 Å². The third-order valence-electron chi connectivity index (χ3n) is 3.56. The zero-order valence-corrected chi connectivity index (χ0v) is 17.1. The van der Waals surface area contributed by atoms with E-state index in [0.29, 0.717) is 5.56 Å². The van der Waals surface area contributed by atoms with Crippen molar-refractivity contribution in [2.24, 2.45) is 0 Å². The van der Waals surface area contributed by atoms with Gasteiger partial charge >= 0.3 is 11.9 Å². The molecule has 1 aromatic heterocycles. The molecular formula is C20H22FNO5S. The van der Waals surface area contributed by atoms with E-state index in [4.69, 9.17) is 9.47 Å². The van der Waals surface area contributed by atoms with E-state index in [1.165, 1.54) is 12.1 Å². The van der Waals surface area contributed by atoms with Crippen LogP contribution in [0, 0.1) is 12.7 Å². The summed E-state index contributed by atoms with van der Waals surface area (Å²) in [6, 6.07) is 4.97. The lowest BCUT2D eigenvalue weighted by atomic mass is 10.1. The highest BCUT2D eigenvalue weighted by molar-refractivity contribution is 7.18. The second kappa shape index (κ2) is 8.97. The molecule has 8 heteroatoms. The Balaban J connectivity index is 2.42. The molecule has 1 heterocycles. The van der Waals surface area contributed by atoms with Crippen LogP contribution in [-0.4, -0.2) is 30.1 Å². The fourth-order valence-electron chi connectivity index (χ4n) is 2.36. The summed E-state index contributed by atoms with van der Waals surface area (Å²) < 4.78 is 23.5. The summed E-state index contributed by atoms with van der Waals surface area (Å²) in [6.45, 7) is 8.42. The van der Waals surface area contributed by atoms with E-state index in [9.17, 15) is 18.8 Å². The van der Waals surface area contributed by atoms with Gasteiger partial charge in [-0.1, -0.05) is 0 Å². The van der Waals surface area contributed by atoms with Gasteiger partial charge in [0.2, 0.25) is 0 Å². The largest absolute Gasteiger partial charge is 0.459 e. The molecule has 0 aliphatic carbocycles. The van der Waals surface area contributed by atoms with Gasteiger partial charge in [-0.25, -0.2) is 14.0 Å². The topological polar surface area (TPSA) is 81.7 Å². The Morgan fingerprint density at radius 1 is 0.964 bits per heavy atom. The van der Waals surface area contributed by atoms with Gasteiger partial charge in [0.25, 0.3) is 5.91 Å². The quantitative estimate of drug-likeness (QED) is 0.709. The molecular weight excluding hydrogens is 385 g/mol. The van der Waals surface area contributed by atoms with Gasteiger partial charge in [0.1, 0.15) is 15.7 Å². The van der Waals surface area contributed by atoms with E-state index in [0.717, 1.165) is 23.5 Å². The number of rotatable bonds is 6. The fourth-order valence-corrected chi connectivity index (χ4v) is 3.43. The van der Waals surface area contributed by atoms with Gasteiger partial charge in [0.15, 0.2) is 0 Å². The molecule has 0 bridgehead atoms. The SMILES string of the molecule is Cc1c(C(=O)OC(C)C)sc(NC(=O)c2ccc(F)cc2)c1C(=O)OC(C)C. The average Bonchev–Trinajstić information content (AvgIpc) is 2.90. The normalized spacial score (nSPS) is 10.9. The maximum absolute atomic E-state index is 13.1. The van der Waals surface area contributed by atoms with Crippen molar-refractivity contribution >= 4 is 34.2 Å². The molecule has 0 spiro atoms. The molecule has 0 unspecified atom stereocenters. The summed E-state index contributed by atoms with van der Waals surface area (Å²) in [5.74, 6) is -2.24. The Labute approximate surface area is 166 Å². The van der Waals surface area contributed by atoms with Crippen LogP contribution in [0.2, 0.25) is 0 Å². The van der Waals surface area contributed by atoms with Gasteiger partial charge in [0.05, 0.1) is 17.8 Å². The van der Waals surface area contributed by atoms with Gasteiger partial charge in [-0.05, 0) is 64.4 Å². The van der Waals surface area contributed by atoms with Crippen molar-refractivity contribution in [1.29, 1.82) is 0 Å². The van der Waals surface area contributed by atoms with E-state index < -0.39 is 23.7 Å². The number of ether oxygens (including phenoxy) is 2. The standard InChI is InChI=1S/C20H22FNO5S/c1-10(2)26-19(24)15-12(5)16(20(25)27-11(3)4)28-18(15)22-17(23)13-6-8-14(21)9-7-13/h6-11H,1-5H3,(H,22,23). The van der Waals surface area contributed by atoms with E-state index in [1.807, 2.05) is 0 Å². The second-order valence-corrected chi connectivity index (χ2v) is 7.65. The number of esters is 2. The zero-order valence-electron chi connectivity index (χ0n) is 16.3. The van der Waals surface area contributed by atoms with Crippen LogP contribution in [-0.2, 0) is 9.47 Å². The van der Waals surface area contributed by atoms with Crippen LogP contribution in [0.25, 0.3) is 0 Å². The maximum Gasteiger partial charge on any atom is 0.348 e. The summed E-state index contributed by atoms with van der Waals surface area (Å²) in [7, 11) is 0. The molecule has 0 saturated heterocycles. The molecule has 1 aromatic carbocycles. The van der Waals surface area contributed by atoms with Crippen LogP contribution in [0.5, 0.6) is 0 Å². The monoisotopic (exact) mass is 407 g/mol. The first-order chi connectivity index (χ1) is 13.1. The van der Waals surface area contributed by atoms with Crippen LogP contribution >= 0.6 is 11.3 Å². The van der Waals surface area contributed by atoms with Gasteiger partial charge in [-0.3, -0.25) is 4.79 Å². The molecule has 2 aromatic rings.